The van der Waals surface area contributed by atoms with Crippen LogP contribution in [0.25, 0.3) is 0 Å². The summed E-state index contributed by atoms with van der Waals surface area (Å²) in [6.45, 7) is 2.92. The number of aryl methyl sites for hydroxylation is 1. The van der Waals surface area contributed by atoms with Crippen LogP contribution in [0.2, 0.25) is 0 Å². The molecule has 1 saturated heterocycles. The number of carbonyl (C=O) groups excluding carboxylic acids is 3. The van der Waals surface area contributed by atoms with E-state index in [1.54, 1.807) is 36.4 Å². The lowest BCUT2D eigenvalue weighted by Gasteiger charge is -2.22. The Morgan fingerprint density at radius 3 is 2.19 bits per heavy atom. The Bertz CT molecular complexity index is 1100. The number of rotatable bonds is 7. The summed E-state index contributed by atoms with van der Waals surface area (Å²) in [5.41, 5.74) is 1.97. The maximum atomic E-state index is 12.9. The number of hydrogen-bond donors (Lipinski definition) is 2. The van der Waals surface area contributed by atoms with Gasteiger partial charge in [-0.3, -0.25) is 14.4 Å². The second kappa shape index (κ2) is 9.92. The molecule has 32 heavy (non-hydrogen) atoms. The second-order valence-corrected chi connectivity index (χ2v) is 9.39. The van der Waals surface area contributed by atoms with Crippen molar-refractivity contribution >= 4 is 39.2 Å². The van der Waals surface area contributed by atoms with Crippen LogP contribution in [0, 0.1) is 6.92 Å². The van der Waals surface area contributed by atoms with Gasteiger partial charge >= 0.3 is 5.97 Å². The van der Waals surface area contributed by atoms with Crippen molar-refractivity contribution in [1.82, 2.24) is 4.31 Å². The number of carbonyl (C=O) groups is 3. The molecule has 0 spiro atoms. The Kier molecular flexibility index (Phi) is 7.26. The zero-order chi connectivity index (χ0) is 23.3. The Morgan fingerprint density at radius 1 is 1.00 bits per heavy atom. The highest BCUT2D eigenvalue weighted by molar-refractivity contribution is 7.89. The van der Waals surface area contributed by atoms with Crippen molar-refractivity contribution in [2.45, 2.75) is 37.6 Å². The minimum atomic E-state index is -3.85. The van der Waals surface area contributed by atoms with Crippen LogP contribution in [0.5, 0.6) is 0 Å². The van der Waals surface area contributed by atoms with Gasteiger partial charge in [-0.2, -0.15) is 4.31 Å². The van der Waals surface area contributed by atoms with Crippen LogP contribution >= 0.6 is 0 Å². The summed E-state index contributed by atoms with van der Waals surface area (Å²) in [6, 6.07) is 11.9. The molecule has 0 aromatic heterocycles. The summed E-state index contributed by atoms with van der Waals surface area (Å²) in [7, 11) is -3.85. The predicted molar refractivity (Wildman–Crippen MR) is 118 cm³/mol. The Labute approximate surface area is 186 Å². The van der Waals surface area contributed by atoms with Crippen molar-refractivity contribution < 1.29 is 27.5 Å². The van der Waals surface area contributed by atoms with Gasteiger partial charge in [-0.15, -0.1) is 0 Å². The van der Waals surface area contributed by atoms with Gasteiger partial charge < -0.3 is 15.4 Å². The molecule has 2 amide bonds. The molecule has 1 unspecified atom stereocenters. The molecular formula is C22H25N3O6S. The molecule has 2 aromatic carbocycles. The van der Waals surface area contributed by atoms with Crippen molar-refractivity contribution in [1.29, 1.82) is 0 Å². The summed E-state index contributed by atoms with van der Waals surface area (Å²) >= 11 is 0. The van der Waals surface area contributed by atoms with E-state index in [2.05, 4.69) is 10.6 Å². The Hall–Kier alpha value is -3.24. The molecule has 0 aliphatic carbocycles. The number of hydrogen-bond acceptors (Lipinski definition) is 6. The molecular weight excluding hydrogens is 434 g/mol. The molecule has 1 aliphatic heterocycles. The number of anilines is 2. The number of sulfonamides is 1. The first-order chi connectivity index (χ1) is 15.2. The molecule has 0 bridgehead atoms. The molecule has 3 rings (SSSR count). The summed E-state index contributed by atoms with van der Waals surface area (Å²) < 4.78 is 32.1. The first-order valence-corrected chi connectivity index (χ1v) is 11.5. The standard InChI is InChI=1S/C22H25N3O6S/c1-15-5-11-19(12-6-15)32(29,30)25-13-3-4-20(25)22(28)31-14-21(27)24-18-9-7-17(8-10-18)23-16(2)26/h5-12,20H,3-4,13-14H2,1-2H3,(H,23,26)(H,24,27). The monoisotopic (exact) mass is 459 g/mol. The van der Waals surface area contributed by atoms with Gasteiger partial charge in [0.05, 0.1) is 4.90 Å². The van der Waals surface area contributed by atoms with E-state index in [1.165, 1.54) is 19.1 Å². The third kappa shape index (κ3) is 5.71. The largest absolute Gasteiger partial charge is 0.454 e. The van der Waals surface area contributed by atoms with Crippen molar-refractivity contribution in [2.24, 2.45) is 0 Å². The summed E-state index contributed by atoms with van der Waals surface area (Å²) in [5.74, 6) is -1.52. The lowest BCUT2D eigenvalue weighted by atomic mass is 10.2. The SMILES string of the molecule is CC(=O)Nc1ccc(NC(=O)COC(=O)C2CCCN2S(=O)(=O)c2ccc(C)cc2)cc1. The average Bonchev–Trinajstić information content (AvgIpc) is 3.24. The van der Waals surface area contributed by atoms with Gasteiger partial charge in [-0.1, -0.05) is 17.7 Å². The van der Waals surface area contributed by atoms with E-state index in [0.717, 1.165) is 9.87 Å². The van der Waals surface area contributed by atoms with Crippen LogP contribution in [0.1, 0.15) is 25.3 Å². The third-order valence-corrected chi connectivity index (χ3v) is 6.86. The topological polar surface area (TPSA) is 122 Å². The third-order valence-electron chi connectivity index (χ3n) is 4.94. The highest BCUT2D eigenvalue weighted by Gasteiger charge is 2.40. The fourth-order valence-corrected chi connectivity index (χ4v) is 5.03. The van der Waals surface area contributed by atoms with E-state index in [1.807, 2.05) is 6.92 Å². The molecule has 2 N–H and O–H groups in total. The van der Waals surface area contributed by atoms with Crippen molar-refractivity contribution in [3.63, 3.8) is 0 Å². The summed E-state index contributed by atoms with van der Waals surface area (Å²) in [6.07, 6.45) is 0.855. The van der Waals surface area contributed by atoms with E-state index in [0.29, 0.717) is 24.2 Å². The van der Waals surface area contributed by atoms with E-state index in [9.17, 15) is 22.8 Å². The van der Waals surface area contributed by atoms with E-state index in [-0.39, 0.29) is 17.3 Å². The molecule has 9 nitrogen and oxygen atoms in total. The number of esters is 1. The van der Waals surface area contributed by atoms with Gasteiger partial charge in [-0.05, 0) is 56.2 Å². The van der Waals surface area contributed by atoms with Crippen LogP contribution in [0.15, 0.2) is 53.4 Å². The quantitative estimate of drug-likeness (QED) is 0.613. The number of amides is 2. The summed E-state index contributed by atoms with van der Waals surface area (Å²) in [4.78, 5) is 35.8. The van der Waals surface area contributed by atoms with Crippen LogP contribution < -0.4 is 10.6 Å². The lowest BCUT2D eigenvalue weighted by Crippen LogP contribution is -2.42. The predicted octanol–water partition coefficient (Wildman–Crippen LogP) is 2.29. The number of ether oxygens (including phenoxy) is 1. The molecule has 0 saturated carbocycles. The Balaban J connectivity index is 1.57. The zero-order valence-electron chi connectivity index (χ0n) is 17.8. The van der Waals surface area contributed by atoms with Crippen molar-refractivity contribution in [3.05, 3.63) is 54.1 Å². The smallest absolute Gasteiger partial charge is 0.324 e. The first kappa shape index (κ1) is 23.4. The van der Waals surface area contributed by atoms with Gasteiger partial charge in [0, 0.05) is 24.8 Å². The first-order valence-electron chi connectivity index (χ1n) is 10.1. The van der Waals surface area contributed by atoms with Gasteiger partial charge in [0.2, 0.25) is 15.9 Å². The molecule has 1 aliphatic rings. The normalized spacial score (nSPS) is 16.4. The zero-order valence-corrected chi connectivity index (χ0v) is 18.6. The van der Waals surface area contributed by atoms with Gasteiger partial charge in [-0.25, -0.2) is 8.42 Å². The van der Waals surface area contributed by atoms with Gasteiger partial charge in [0.25, 0.3) is 5.91 Å². The fraction of sp³-hybridized carbons (Fsp3) is 0.318. The van der Waals surface area contributed by atoms with Gasteiger partial charge in [0.1, 0.15) is 6.04 Å². The number of benzene rings is 2. The molecule has 2 aromatic rings. The molecule has 10 heteroatoms. The maximum absolute atomic E-state index is 12.9. The van der Waals surface area contributed by atoms with Crippen molar-refractivity contribution in [3.8, 4) is 0 Å². The van der Waals surface area contributed by atoms with E-state index < -0.39 is 34.5 Å². The van der Waals surface area contributed by atoms with Crippen LogP contribution in [-0.2, 0) is 29.1 Å². The molecule has 1 atom stereocenters. The van der Waals surface area contributed by atoms with E-state index >= 15 is 0 Å². The molecule has 170 valence electrons. The summed E-state index contributed by atoms with van der Waals surface area (Å²) in [5, 5.41) is 5.19. The second-order valence-electron chi connectivity index (χ2n) is 7.50. The van der Waals surface area contributed by atoms with Crippen LogP contribution in [0.3, 0.4) is 0 Å². The van der Waals surface area contributed by atoms with Crippen LogP contribution in [0.4, 0.5) is 11.4 Å². The maximum Gasteiger partial charge on any atom is 0.324 e. The lowest BCUT2D eigenvalue weighted by molar-refractivity contribution is -0.150. The Morgan fingerprint density at radius 2 is 1.59 bits per heavy atom. The molecule has 1 fully saturated rings. The average molecular weight is 460 g/mol. The number of nitrogens with zero attached hydrogens (tertiary/aromatic N) is 1. The number of nitrogens with one attached hydrogen (secondary N) is 2. The highest BCUT2D eigenvalue weighted by atomic mass is 32.2. The van der Waals surface area contributed by atoms with Gasteiger partial charge in [0.15, 0.2) is 6.61 Å². The van der Waals surface area contributed by atoms with Crippen molar-refractivity contribution in [2.75, 3.05) is 23.8 Å². The highest BCUT2D eigenvalue weighted by Crippen LogP contribution is 2.27. The van der Waals surface area contributed by atoms with E-state index in [4.69, 9.17) is 4.74 Å². The van der Waals surface area contributed by atoms with Crippen LogP contribution in [-0.4, -0.2) is 49.7 Å². The minimum absolute atomic E-state index is 0.114. The molecule has 1 heterocycles. The fourth-order valence-electron chi connectivity index (χ4n) is 3.38. The minimum Gasteiger partial charge on any atom is -0.454 e. The molecule has 0 radical (unpaired) electrons.